The van der Waals surface area contributed by atoms with E-state index in [1.165, 1.54) is 36.4 Å². The molecule has 0 radical (unpaired) electrons. The molecule has 2 aliphatic heterocycles. The lowest BCUT2D eigenvalue weighted by Crippen LogP contribution is -2.43. The van der Waals surface area contributed by atoms with Gasteiger partial charge in [-0.25, -0.2) is 0 Å². The summed E-state index contributed by atoms with van der Waals surface area (Å²) in [6, 6.07) is 20.4. The van der Waals surface area contributed by atoms with Gasteiger partial charge in [0.2, 0.25) is 0 Å². The highest BCUT2D eigenvalue weighted by molar-refractivity contribution is 5.72. The maximum absolute atomic E-state index is 2.56. The molecule has 0 amide bonds. The number of likely N-dealkylation sites (N-methyl/N-ethyl adjacent to an activating group) is 1. The summed E-state index contributed by atoms with van der Waals surface area (Å²) in [5.41, 5.74) is 4.26. The first-order chi connectivity index (χ1) is 9.84. The van der Waals surface area contributed by atoms with Gasteiger partial charge in [0.15, 0.2) is 0 Å². The molecule has 0 N–H and O–H groups in total. The van der Waals surface area contributed by atoms with Crippen LogP contribution in [-0.4, -0.2) is 31.1 Å². The van der Waals surface area contributed by atoms with Crippen LogP contribution in [-0.2, 0) is 0 Å². The van der Waals surface area contributed by atoms with E-state index in [2.05, 4.69) is 71.4 Å². The van der Waals surface area contributed by atoms with Gasteiger partial charge in [0.1, 0.15) is 0 Å². The quantitative estimate of drug-likeness (QED) is 0.776. The summed E-state index contributed by atoms with van der Waals surface area (Å²) in [6.07, 6.45) is 1.24. The van der Waals surface area contributed by atoms with Crippen LogP contribution in [0.5, 0.6) is 0 Å². The van der Waals surface area contributed by atoms with E-state index in [4.69, 9.17) is 0 Å². The Labute approximate surface area is 120 Å². The number of nitrogens with zero attached hydrogens (tertiary/aromatic N) is 2. The second-order valence-corrected chi connectivity index (χ2v) is 5.99. The lowest BCUT2D eigenvalue weighted by atomic mass is 9.89. The summed E-state index contributed by atoms with van der Waals surface area (Å²) in [7, 11) is 2.24. The maximum atomic E-state index is 2.56. The van der Waals surface area contributed by atoms with E-state index in [0.29, 0.717) is 12.0 Å². The highest BCUT2D eigenvalue weighted by atomic mass is 15.2. The molecule has 2 heterocycles. The molecule has 0 aromatic heterocycles. The third-order valence-electron chi connectivity index (χ3n) is 4.74. The molecule has 0 bridgehead atoms. The van der Waals surface area contributed by atoms with Crippen molar-refractivity contribution in [2.75, 3.05) is 25.0 Å². The van der Waals surface area contributed by atoms with Crippen molar-refractivity contribution >= 4 is 11.4 Å². The van der Waals surface area contributed by atoms with E-state index in [1.807, 2.05) is 0 Å². The molecule has 2 aromatic rings. The highest BCUT2D eigenvalue weighted by Gasteiger charge is 2.41. The summed E-state index contributed by atoms with van der Waals surface area (Å²) in [5.74, 6) is 0.644. The molecule has 2 heteroatoms. The zero-order chi connectivity index (χ0) is 13.5. The second-order valence-electron chi connectivity index (χ2n) is 5.99. The number of anilines is 2. The summed E-state index contributed by atoms with van der Waals surface area (Å²) >= 11 is 0. The molecule has 2 aliphatic rings. The molecule has 2 aromatic carbocycles. The molecule has 0 aliphatic carbocycles. The fraction of sp³-hybridized carbons (Fsp3) is 0.333. The number of rotatable bonds is 1. The van der Waals surface area contributed by atoms with Crippen molar-refractivity contribution in [1.82, 2.24) is 4.90 Å². The largest absolute Gasteiger partial charge is 0.337 e. The monoisotopic (exact) mass is 264 g/mol. The summed E-state index contributed by atoms with van der Waals surface area (Å²) in [4.78, 5) is 5.03. The number of benzene rings is 2. The van der Waals surface area contributed by atoms with Gasteiger partial charge in [0.05, 0.1) is 0 Å². The zero-order valence-corrected chi connectivity index (χ0v) is 11.9. The number of piperidine rings is 1. The van der Waals surface area contributed by atoms with Crippen molar-refractivity contribution in [3.63, 3.8) is 0 Å². The van der Waals surface area contributed by atoms with Gasteiger partial charge in [-0.2, -0.15) is 0 Å². The molecule has 1 saturated heterocycles. The number of fused-ring (bicyclic) bond motifs is 3. The number of para-hydroxylation sites is 2. The molecule has 1 fully saturated rings. The van der Waals surface area contributed by atoms with Gasteiger partial charge < -0.3 is 9.80 Å². The van der Waals surface area contributed by atoms with Crippen LogP contribution in [0.1, 0.15) is 17.9 Å². The van der Waals surface area contributed by atoms with Crippen LogP contribution >= 0.6 is 0 Å². The minimum absolute atomic E-state index is 0.617. The van der Waals surface area contributed by atoms with Gasteiger partial charge >= 0.3 is 0 Å². The normalized spacial score (nSPS) is 25.4. The average molecular weight is 264 g/mol. The standard InChI is InChI=1S/C18H20N2/c1-19-12-11-18-16(13-19)15-9-5-6-10-17(15)20(18)14-7-3-2-4-8-14/h2-10,16,18H,11-13H2,1H3/t16-,18+/m0/s1. The van der Waals surface area contributed by atoms with Crippen LogP contribution in [0.4, 0.5) is 11.4 Å². The minimum Gasteiger partial charge on any atom is -0.337 e. The first-order valence-electron chi connectivity index (χ1n) is 7.46. The van der Waals surface area contributed by atoms with E-state index >= 15 is 0 Å². The summed E-state index contributed by atoms with van der Waals surface area (Å²) < 4.78 is 0. The van der Waals surface area contributed by atoms with Crippen LogP contribution in [0.15, 0.2) is 54.6 Å². The lowest BCUT2D eigenvalue weighted by Gasteiger charge is -2.37. The van der Waals surface area contributed by atoms with Crippen molar-refractivity contribution in [3.05, 3.63) is 60.2 Å². The predicted molar refractivity (Wildman–Crippen MR) is 83.7 cm³/mol. The third-order valence-corrected chi connectivity index (χ3v) is 4.74. The fourth-order valence-electron chi connectivity index (χ4n) is 3.84. The highest BCUT2D eigenvalue weighted by Crippen LogP contribution is 2.47. The maximum Gasteiger partial charge on any atom is 0.0450 e. The van der Waals surface area contributed by atoms with E-state index in [0.717, 1.165) is 0 Å². The van der Waals surface area contributed by atoms with Crippen molar-refractivity contribution in [2.24, 2.45) is 0 Å². The van der Waals surface area contributed by atoms with E-state index in [1.54, 1.807) is 0 Å². The fourth-order valence-corrected chi connectivity index (χ4v) is 3.84. The van der Waals surface area contributed by atoms with Gasteiger partial charge in [-0.05, 0) is 43.8 Å². The van der Waals surface area contributed by atoms with Gasteiger partial charge in [-0.1, -0.05) is 36.4 Å². The van der Waals surface area contributed by atoms with Gasteiger partial charge in [-0.3, -0.25) is 0 Å². The Bertz CT molecular complexity index is 608. The number of hydrogen-bond acceptors (Lipinski definition) is 2. The molecule has 0 saturated carbocycles. The Hall–Kier alpha value is -1.80. The van der Waals surface area contributed by atoms with Crippen LogP contribution in [0.3, 0.4) is 0 Å². The van der Waals surface area contributed by atoms with Crippen molar-refractivity contribution in [1.29, 1.82) is 0 Å². The molecule has 2 nitrogen and oxygen atoms in total. The zero-order valence-electron chi connectivity index (χ0n) is 11.9. The average Bonchev–Trinajstić information content (AvgIpc) is 2.82. The van der Waals surface area contributed by atoms with Crippen LogP contribution in [0, 0.1) is 0 Å². The topological polar surface area (TPSA) is 6.48 Å². The Kier molecular flexibility index (Phi) is 2.78. The first kappa shape index (κ1) is 12.0. The molecule has 20 heavy (non-hydrogen) atoms. The third kappa shape index (κ3) is 1.75. The van der Waals surface area contributed by atoms with Crippen LogP contribution < -0.4 is 4.90 Å². The van der Waals surface area contributed by atoms with Gasteiger partial charge in [0.25, 0.3) is 0 Å². The molecular weight excluding hydrogens is 244 g/mol. The van der Waals surface area contributed by atoms with Crippen molar-refractivity contribution in [2.45, 2.75) is 18.4 Å². The van der Waals surface area contributed by atoms with Crippen LogP contribution in [0.2, 0.25) is 0 Å². The summed E-state index contributed by atoms with van der Waals surface area (Å²) in [5, 5.41) is 0. The van der Waals surface area contributed by atoms with E-state index in [9.17, 15) is 0 Å². The van der Waals surface area contributed by atoms with Crippen molar-refractivity contribution < 1.29 is 0 Å². The Balaban J connectivity index is 1.83. The van der Waals surface area contributed by atoms with E-state index < -0.39 is 0 Å². The number of likely N-dealkylation sites (tertiary alicyclic amines) is 1. The van der Waals surface area contributed by atoms with Crippen LogP contribution in [0.25, 0.3) is 0 Å². The second kappa shape index (κ2) is 4.64. The predicted octanol–water partition coefficient (Wildman–Crippen LogP) is 3.63. The van der Waals surface area contributed by atoms with E-state index in [-0.39, 0.29) is 0 Å². The summed E-state index contributed by atoms with van der Waals surface area (Å²) in [6.45, 7) is 2.36. The molecule has 2 atom stereocenters. The van der Waals surface area contributed by atoms with Crippen molar-refractivity contribution in [3.8, 4) is 0 Å². The SMILES string of the molecule is CN1CC[C@@H]2[C@@H](C1)c1ccccc1N2c1ccccc1. The minimum atomic E-state index is 0.617. The molecule has 0 spiro atoms. The smallest absolute Gasteiger partial charge is 0.0450 e. The molecule has 4 rings (SSSR count). The molecule has 0 unspecified atom stereocenters. The Morgan fingerprint density at radius 2 is 1.70 bits per heavy atom. The number of hydrogen-bond donors (Lipinski definition) is 0. The Morgan fingerprint density at radius 1 is 0.950 bits per heavy atom. The first-order valence-corrected chi connectivity index (χ1v) is 7.46. The molecular formula is C18H20N2. The lowest BCUT2D eigenvalue weighted by molar-refractivity contribution is 0.236. The van der Waals surface area contributed by atoms with Gasteiger partial charge in [0, 0.05) is 29.9 Å². The molecule has 102 valence electrons. The Morgan fingerprint density at radius 3 is 2.55 bits per heavy atom. The van der Waals surface area contributed by atoms with Gasteiger partial charge in [-0.15, -0.1) is 0 Å².